The second-order valence-corrected chi connectivity index (χ2v) is 5.02. The number of nitro benzene ring substituents is 2. The minimum absolute atomic E-state index is 0.0940. The van der Waals surface area contributed by atoms with Crippen LogP contribution in [-0.2, 0) is 0 Å². The fraction of sp³-hybridized carbons (Fsp3) is 0.133. The van der Waals surface area contributed by atoms with Crippen molar-refractivity contribution < 1.29 is 14.6 Å². The van der Waals surface area contributed by atoms with Gasteiger partial charge in [-0.2, -0.15) is 0 Å². The van der Waals surface area contributed by atoms with Crippen LogP contribution in [0, 0.1) is 20.2 Å². The number of carbonyl (C=O) groups is 1. The van der Waals surface area contributed by atoms with Crippen LogP contribution in [0.25, 0.3) is 0 Å². The standard InChI is InChI=1S/C15H13N3O5/c1-16(2)12-5-3-10(4-6-12)15(19)11-7-13(17(20)21)9-14(8-11)18(22)23/h3-9H,1-2H3. The average Bonchev–Trinajstić information content (AvgIpc) is 2.53. The molecule has 0 unspecified atom stereocenters. The Bertz CT molecular complexity index is 752. The molecular weight excluding hydrogens is 302 g/mol. The molecule has 0 N–H and O–H groups in total. The second kappa shape index (κ2) is 6.22. The molecule has 8 heteroatoms. The third-order valence-electron chi connectivity index (χ3n) is 3.23. The van der Waals surface area contributed by atoms with E-state index >= 15 is 0 Å². The van der Waals surface area contributed by atoms with Gasteiger partial charge in [-0.1, -0.05) is 0 Å². The molecule has 0 aromatic heterocycles. The maximum atomic E-state index is 12.4. The van der Waals surface area contributed by atoms with Crippen LogP contribution < -0.4 is 4.90 Å². The molecule has 0 atom stereocenters. The maximum absolute atomic E-state index is 12.4. The predicted molar refractivity (Wildman–Crippen MR) is 84.0 cm³/mol. The SMILES string of the molecule is CN(C)c1ccc(C(=O)c2cc([N+](=O)[O-])cc([N+](=O)[O-])c2)cc1. The molecule has 0 fully saturated rings. The van der Waals surface area contributed by atoms with Crippen molar-refractivity contribution in [3.8, 4) is 0 Å². The van der Waals surface area contributed by atoms with Crippen molar-refractivity contribution >= 4 is 22.8 Å². The van der Waals surface area contributed by atoms with Crippen LogP contribution in [-0.4, -0.2) is 29.7 Å². The molecule has 0 saturated heterocycles. The zero-order valence-corrected chi connectivity index (χ0v) is 12.4. The molecule has 0 aliphatic rings. The number of rotatable bonds is 5. The number of hydrogen-bond acceptors (Lipinski definition) is 6. The Morgan fingerprint density at radius 3 is 1.74 bits per heavy atom. The Morgan fingerprint density at radius 2 is 1.35 bits per heavy atom. The van der Waals surface area contributed by atoms with Gasteiger partial charge in [0.2, 0.25) is 0 Å². The van der Waals surface area contributed by atoms with Crippen LogP contribution in [0.15, 0.2) is 42.5 Å². The van der Waals surface area contributed by atoms with Crippen molar-refractivity contribution in [2.75, 3.05) is 19.0 Å². The van der Waals surface area contributed by atoms with Gasteiger partial charge in [0, 0.05) is 43.0 Å². The lowest BCUT2D eigenvalue weighted by Gasteiger charge is -2.12. The minimum Gasteiger partial charge on any atom is -0.378 e. The van der Waals surface area contributed by atoms with Crippen molar-refractivity contribution in [3.63, 3.8) is 0 Å². The summed E-state index contributed by atoms with van der Waals surface area (Å²) < 4.78 is 0. The van der Waals surface area contributed by atoms with Gasteiger partial charge in [-0.25, -0.2) is 0 Å². The summed E-state index contributed by atoms with van der Waals surface area (Å²) >= 11 is 0. The number of anilines is 1. The lowest BCUT2D eigenvalue weighted by Crippen LogP contribution is -2.09. The number of ketones is 1. The monoisotopic (exact) mass is 315 g/mol. The Labute approximate surface area is 131 Å². The molecule has 23 heavy (non-hydrogen) atoms. The molecule has 0 bridgehead atoms. The number of benzene rings is 2. The molecule has 2 rings (SSSR count). The highest BCUT2D eigenvalue weighted by molar-refractivity contribution is 6.09. The Kier molecular flexibility index (Phi) is 4.35. The van der Waals surface area contributed by atoms with Crippen LogP contribution in [0.2, 0.25) is 0 Å². The highest BCUT2D eigenvalue weighted by Crippen LogP contribution is 2.25. The van der Waals surface area contributed by atoms with Gasteiger partial charge in [0.25, 0.3) is 11.4 Å². The Morgan fingerprint density at radius 1 is 0.870 bits per heavy atom. The number of nitrogens with zero attached hydrogens (tertiary/aromatic N) is 3. The van der Waals surface area contributed by atoms with Crippen molar-refractivity contribution in [3.05, 3.63) is 73.8 Å². The van der Waals surface area contributed by atoms with Crippen molar-refractivity contribution in [2.24, 2.45) is 0 Å². The van der Waals surface area contributed by atoms with E-state index < -0.39 is 27.0 Å². The fourth-order valence-electron chi connectivity index (χ4n) is 2.01. The predicted octanol–water partition coefficient (Wildman–Crippen LogP) is 2.80. The van der Waals surface area contributed by atoms with Crippen LogP contribution in [0.5, 0.6) is 0 Å². The molecule has 0 spiro atoms. The van der Waals surface area contributed by atoms with Crippen LogP contribution in [0.3, 0.4) is 0 Å². The van der Waals surface area contributed by atoms with Gasteiger partial charge < -0.3 is 4.90 Å². The molecule has 0 aliphatic carbocycles. The van der Waals surface area contributed by atoms with Gasteiger partial charge in [-0.15, -0.1) is 0 Å². The number of non-ortho nitro benzene ring substituents is 2. The van der Waals surface area contributed by atoms with E-state index in [-0.39, 0.29) is 5.56 Å². The van der Waals surface area contributed by atoms with E-state index in [1.165, 1.54) is 0 Å². The lowest BCUT2D eigenvalue weighted by atomic mass is 10.0. The highest BCUT2D eigenvalue weighted by atomic mass is 16.6. The second-order valence-electron chi connectivity index (χ2n) is 5.02. The molecule has 0 aliphatic heterocycles. The molecule has 2 aromatic rings. The normalized spacial score (nSPS) is 10.2. The number of nitro groups is 2. The summed E-state index contributed by atoms with van der Waals surface area (Å²) in [6.07, 6.45) is 0. The zero-order valence-electron chi connectivity index (χ0n) is 12.4. The van der Waals surface area contributed by atoms with E-state index in [2.05, 4.69) is 0 Å². The highest BCUT2D eigenvalue weighted by Gasteiger charge is 2.20. The van der Waals surface area contributed by atoms with Gasteiger partial charge in [-0.3, -0.25) is 25.0 Å². The quantitative estimate of drug-likeness (QED) is 0.477. The van der Waals surface area contributed by atoms with E-state index in [0.717, 1.165) is 23.9 Å². The fourth-order valence-corrected chi connectivity index (χ4v) is 2.01. The van der Waals surface area contributed by atoms with Crippen molar-refractivity contribution in [1.29, 1.82) is 0 Å². The van der Waals surface area contributed by atoms with Crippen molar-refractivity contribution in [1.82, 2.24) is 0 Å². The molecule has 0 amide bonds. The third kappa shape index (κ3) is 3.49. The summed E-state index contributed by atoms with van der Waals surface area (Å²) in [6.45, 7) is 0. The summed E-state index contributed by atoms with van der Waals surface area (Å²) in [6, 6.07) is 9.49. The molecule has 0 radical (unpaired) electrons. The van der Waals surface area contributed by atoms with Gasteiger partial charge in [-0.05, 0) is 24.3 Å². The van der Waals surface area contributed by atoms with E-state index in [0.29, 0.717) is 5.56 Å². The van der Waals surface area contributed by atoms with Gasteiger partial charge in [0.15, 0.2) is 5.78 Å². The lowest BCUT2D eigenvalue weighted by molar-refractivity contribution is -0.394. The molecule has 118 valence electrons. The Balaban J connectivity index is 2.45. The summed E-state index contributed by atoms with van der Waals surface area (Å²) in [7, 11) is 3.70. The molecule has 2 aromatic carbocycles. The largest absolute Gasteiger partial charge is 0.378 e. The van der Waals surface area contributed by atoms with E-state index in [1.54, 1.807) is 24.3 Å². The minimum atomic E-state index is -0.765. The molecule has 0 heterocycles. The molecular formula is C15H13N3O5. The summed E-state index contributed by atoms with van der Waals surface area (Å²) in [5, 5.41) is 21.7. The van der Waals surface area contributed by atoms with Crippen LogP contribution in [0.4, 0.5) is 17.1 Å². The van der Waals surface area contributed by atoms with Gasteiger partial charge in [0.05, 0.1) is 15.9 Å². The van der Waals surface area contributed by atoms with Gasteiger partial charge >= 0.3 is 0 Å². The first-order valence-corrected chi connectivity index (χ1v) is 6.55. The number of carbonyl (C=O) groups excluding carboxylic acids is 1. The van der Waals surface area contributed by atoms with Gasteiger partial charge in [0.1, 0.15) is 0 Å². The summed E-state index contributed by atoms with van der Waals surface area (Å²) in [4.78, 5) is 34.5. The summed E-state index contributed by atoms with van der Waals surface area (Å²) in [5.41, 5.74) is 0.0976. The first kappa shape index (κ1) is 16.1. The topological polar surface area (TPSA) is 107 Å². The zero-order chi connectivity index (χ0) is 17.1. The molecule has 0 saturated carbocycles. The van der Waals surface area contributed by atoms with E-state index in [1.807, 2.05) is 19.0 Å². The maximum Gasteiger partial charge on any atom is 0.277 e. The van der Waals surface area contributed by atoms with Crippen molar-refractivity contribution in [2.45, 2.75) is 0 Å². The van der Waals surface area contributed by atoms with Crippen LogP contribution in [0.1, 0.15) is 15.9 Å². The van der Waals surface area contributed by atoms with E-state index in [9.17, 15) is 25.0 Å². The smallest absolute Gasteiger partial charge is 0.277 e. The van der Waals surface area contributed by atoms with Crippen LogP contribution >= 0.6 is 0 Å². The summed E-state index contributed by atoms with van der Waals surface area (Å²) in [5.74, 6) is -0.512. The molecule has 8 nitrogen and oxygen atoms in total. The average molecular weight is 315 g/mol. The van der Waals surface area contributed by atoms with E-state index in [4.69, 9.17) is 0 Å². The Hall–Kier alpha value is -3.29. The number of hydrogen-bond donors (Lipinski definition) is 0. The first-order chi connectivity index (χ1) is 10.8. The third-order valence-corrected chi connectivity index (χ3v) is 3.23. The first-order valence-electron chi connectivity index (χ1n) is 6.55.